The summed E-state index contributed by atoms with van der Waals surface area (Å²) < 4.78 is 0. The zero-order valence-corrected chi connectivity index (χ0v) is 15.2. The molecule has 0 spiro atoms. The number of amides is 1. The fourth-order valence-corrected chi connectivity index (χ4v) is 3.47. The molecule has 0 bridgehead atoms. The third-order valence-corrected chi connectivity index (χ3v) is 5.05. The smallest absolute Gasteiger partial charge is 0.251 e. The number of benzene rings is 2. The van der Waals surface area contributed by atoms with Crippen LogP contribution in [0, 0.1) is 0 Å². The number of hydrogen-bond acceptors (Lipinski definition) is 2. The Balaban J connectivity index is 1.69. The number of halogens is 1. The maximum absolute atomic E-state index is 12.6. The largest absolute Gasteiger partial charge is 0.345 e. The van der Waals surface area contributed by atoms with Crippen molar-refractivity contribution < 1.29 is 4.79 Å². The van der Waals surface area contributed by atoms with Crippen molar-refractivity contribution in [3.63, 3.8) is 0 Å². The van der Waals surface area contributed by atoms with Gasteiger partial charge in [0.15, 0.2) is 0 Å². The summed E-state index contributed by atoms with van der Waals surface area (Å²) in [6, 6.07) is 17.2. The molecule has 0 aromatic heterocycles. The lowest BCUT2D eigenvalue weighted by Gasteiger charge is -2.28. The summed E-state index contributed by atoms with van der Waals surface area (Å²) >= 11 is 6.02. The van der Waals surface area contributed by atoms with E-state index in [1.807, 2.05) is 54.6 Å². The Morgan fingerprint density at radius 1 is 1.00 bits per heavy atom. The number of likely N-dealkylation sites (tertiary alicyclic amines) is 1. The van der Waals surface area contributed by atoms with Gasteiger partial charge in [0, 0.05) is 17.1 Å². The monoisotopic (exact) mass is 356 g/mol. The van der Waals surface area contributed by atoms with E-state index in [9.17, 15) is 4.79 Å². The van der Waals surface area contributed by atoms with E-state index in [0.29, 0.717) is 10.6 Å². The van der Waals surface area contributed by atoms with Crippen molar-refractivity contribution in [2.24, 2.45) is 0 Å². The highest BCUT2D eigenvalue weighted by Crippen LogP contribution is 2.21. The van der Waals surface area contributed by atoms with Gasteiger partial charge in [0.05, 0.1) is 6.04 Å². The molecule has 1 fully saturated rings. The van der Waals surface area contributed by atoms with Gasteiger partial charge in [-0.25, -0.2) is 0 Å². The Morgan fingerprint density at radius 3 is 2.36 bits per heavy atom. The van der Waals surface area contributed by atoms with E-state index in [4.69, 9.17) is 11.6 Å². The van der Waals surface area contributed by atoms with Gasteiger partial charge in [-0.3, -0.25) is 4.79 Å². The van der Waals surface area contributed by atoms with Gasteiger partial charge in [-0.1, -0.05) is 48.4 Å². The topological polar surface area (TPSA) is 32.3 Å². The van der Waals surface area contributed by atoms with Gasteiger partial charge in [0.25, 0.3) is 5.91 Å². The third-order valence-electron chi connectivity index (χ3n) is 4.80. The summed E-state index contributed by atoms with van der Waals surface area (Å²) in [5, 5.41) is 3.92. The maximum atomic E-state index is 12.6. The van der Waals surface area contributed by atoms with Crippen molar-refractivity contribution >= 4 is 17.5 Å². The molecule has 1 N–H and O–H groups in total. The fraction of sp³-hybridized carbons (Fsp3) is 0.381. The van der Waals surface area contributed by atoms with Crippen LogP contribution in [0.3, 0.4) is 0 Å². The molecule has 4 heteroatoms. The molecule has 1 heterocycles. The number of hydrogen-bond donors (Lipinski definition) is 1. The summed E-state index contributed by atoms with van der Waals surface area (Å²) in [7, 11) is 0. The molecule has 1 aliphatic heterocycles. The summed E-state index contributed by atoms with van der Waals surface area (Å²) in [6.07, 6.45) is 4.80. The molecule has 3 rings (SSSR count). The molecule has 2 aromatic rings. The molecular weight excluding hydrogens is 332 g/mol. The highest BCUT2D eigenvalue weighted by Gasteiger charge is 2.18. The molecule has 3 nitrogen and oxygen atoms in total. The number of nitrogens with one attached hydrogen (secondary N) is 1. The van der Waals surface area contributed by atoms with Gasteiger partial charge in [0.2, 0.25) is 0 Å². The number of nitrogens with zero attached hydrogens (tertiary/aromatic N) is 1. The molecular formula is C21H25ClN2O. The molecule has 2 aromatic carbocycles. The first-order valence-electron chi connectivity index (χ1n) is 9.06. The van der Waals surface area contributed by atoms with Crippen LogP contribution in [0.2, 0.25) is 5.02 Å². The molecule has 1 aliphatic rings. The summed E-state index contributed by atoms with van der Waals surface area (Å²) in [6.45, 7) is 3.34. The average Bonchev–Trinajstić information content (AvgIpc) is 2.67. The molecule has 0 aliphatic carbocycles. The van der Waals surface area contributed by atoms with Crippen molar-refractivity contribution in [3.8, 4) is 0 Å². The molecule has 25 heavy (non-hydrogen) atoms. The van der Waals surface area contributed by atoms with Crippen LogP contribution in [-0.4, -0.2) is 30.4 Å². The normalized spacial score (nSPS) is 16.4. The van der Waals surface area contributed by atoms with Crippen LogP contribution in [0.15, 0.2) is 54.6 Å². The summed E-state index contributed by atoms with van der Waals surface area (Å²) in [5.41, 5.74) is 1.80. The standard InChI is InChI=1S/C21H25ClN2O/c22-19-11-9-17(10-12-19)20(13-16-24-14-5-2-6-15-24)23-21(25)18-7-3-1-4-8-18/h1,3-4,7-12,20H,2,5-6,13-16H2,(H,23,25)/t20-/m0/s1. The Morgan fingerprint density at radius 2 is 1.68 bits per heavy atom. The van der Waals surface area contributed by atoms with Crippen molar-refractivity contribution in [1.82, 2.24) is 10.2 Å². The second-order valence-corrected chi connectivity index (χ2v) is 7.07. The van der Waals surface area contributed by atoms with Crippen molar-refractivity contribution in [2.45, 2.75) is 31.7 Å². The lowest BCUT2D eigenvalue weighted by molar-refractivity contribution is 0.0930. The van der Waals surface area contributed by atoms with Crippen LogP contribution >= 0.6 is 11.6 Å². The van der Waals surface area contributed by atoms with Gasteiger partial charge in [0.1, 0.15) is 0 Å². The predicted octanol–water partition coefficient (Wildman–Crippen LogP) is 4.69. The maximum Gasteiger partial charge on any atom is 0.251 e. The zero-order chi connectivity index (χ0) is 17.5. The van der Waals surface area contributed by atoms with Gasteiger partial charge in [-0.2, -0.15) is 0 Å². The van der Waals surface area contributed by atoms with Crippen LogP contribution in [0.25, 0.3) is 0 Å². The molecule has 1 amide bonds. The zero-order valence-electron chi connectivity index (χ0n) is 14.5. The Kier molecular flexibility index (Phi) is 6.48. The molecule has 0 saturated carbocycles. The predicted molar refractivity (Wildman–Crippen MR) is 103 cm³/mol. The van der Waals surface area contributed by atoms with Crippen molar-refractivity contribution in [2.75, 3.05) is 19.6 Å². The first kappa shape index (κ1) is 18.0. The highest BCUT2D eigenvalue weighted by molar-refractivity contribution is 6.30. The van der Waals surface area contributed by atoms with Crippen LogP contribution in [0.4, 0.5) is 0 Å². The summed E-state index contributed by atoms with van der Waals surface area (Å²) in [4.78, 5) is 15.1. The number of rotatable bonds is 6. The van der Waals surface area contributed by atoms with Crippen LogP contribution in [0.1, 0.15) is 47.6 Å². The van der Waals surface area contributed by atoms with Crippen LogP contribution in [0.5, 0.6) is 0 Å². The van der Waals surface area contributed by atoms with Crippen molar-refractivity contribution in [3.05, 3.63) is 70.7 Å². The van der Waals surface area contributed by atoms with Gasteiger partial charge in [-0.15, -0.1) is 0 Å². The highest BCUT2D eigenvalue weighted by atomic mass is 35.5. The first-order valence-corrected chi connectivity index (χ1v) is 9.44. The third kappa shape index (κ3) is 5.32. The lowest BCUT2D eigenvalue weighted by Crippen LogP contribution is -2.35. The van der Waals surface area contributed by atoms with Crippen LogP contribution < -0.4 is 5.32 Å². The van der Waals surface area contributed by atoms with E-state index < -0.39 is 0 Å². The minimum Gasteiger partial charge on any atom is -0.345 e. The Labute approximate surface area is 155 Å². The van der Waals surface area contributed by atoms with E-state index in [2.05, 4.69) is 10.2 Å². The van der Waals surface area contributed by atoms with Gasteiger partial charge >= 0.3 is 0 Å². The first-order chi connectivity index (χ1) is 12.2. The Bertz CT molecular complexity index is 666. The lowest BCUT2D eigenvalue weighted by atomic mass is 10.0. The van der Waals surface area contributed by atoms with E-state index in [1.54, 1.807) is 0 Å². The minimum atomic E-state index is -0.0285. The molecule has 1 saturated heterocycles. The molecule has 0 radical (unpaired) electrons. The fourth-order valence-electron chi connectivity index (χ4n) is 3.34. The van der Waals surface area contributed by atoms with E-state index >= 15 is 0 Å². The van der Waals surface area contributed by atoms with E-state index in [1.165, 1.54) is 32.4 Å². The second-order valence-electron chi connectivity index (χ2n) is 6.63. The summed E-state index contributed by atoms with van der Waals surface area (Å²) in [5.74, 6) is -0.0285. The van der Waals surface area contributed by atoms with Gasteiger partial charge < -0.3 is 10.2 Å². The van der Waals surface area contributed by atoms with Crippen molar-refractivity contribution in [1.29, 1.82) is 0 Å². The van der Waals surface area contributed by atoms with E-state index in [0.717, 1.165) is 18.5 Å². The second kappa shape index (κ2) is 9.02. The Hall–Kier alpha value is -1.84. The SMILES string of the molecule is O=C(N[C@@H](CCN1CCCCC1)c1ccc(Cl)cc1)c1ccccc1. The quantitative estimate of drug-likeness (QED) is 0.814. The molecule has 1 atom stereocenters. The average molecular weight is 357 g/mol. The number of piperidine rings is 1. The molecule has 0 unspecified atom stereocenters. The van der Waals surface area contributed by atoms with Gasteiger partial charge in [-0.05, 0) is 62.2 Å². The van der Waals surface area contributed by atoms with Crippen LogP contribution in [-0.2, 0) is 0 Å². The van der Waals surface area contributed by atoms with E-state index in [-0.39, 0.29) is 11.9 Å². The minimum absolute atomic E-state index is 0.00750. The number of carbonyl (C=O) groups is 1. The molecule has 132 valence electrons. The number of carbonyl (C=O) groups excluding carboxylic acids is 1.